The molecular weight excluding hydrogens is 376 g/mol. The number of likely N-dealkylation sites (tertiary alicyclic amines) is 1. The van der Waals surface area contributed by atoms with E-state index >= 15 is 0 Å². The van der Waals surface area contributed by atoms with E-state index in [2.05, 4.69) is 35.5 Å². The summed E-state index contributed by atoms with van der Waals surface area (Å²) in [6.07, 6.45) is 2.40. The van der Waals surface area contributed by atoms with Crippen LogP contribution in [0.25, 0.3) is 10.9 Å². The summed E-state index contributed by atoms with van der Waals surface area (Å²) in [4.78, 5) is 2.39. The molecule has 4 rings (SSSR count). The molecule has 0 atom stereocenters. The molecule has 7 heteroatoms. The molecule has 1 aliphatic heterocycles. The first kappa shape index (κ1) is 20.5. The lowest BCUT2D eigenvalue weighted by Crippen LogP contribution is -2.40. The number of aryl methyl sites for hydroxylation is 1. The smallest absolute Gasteiger partial charge is 0.124 e. The van der Waals surface area contributed by atoms with Gasteiger partial charge in [-0.3, -0.25) is 4.68 Å². The molecule has 0 aliphatic carbocycles. The van der Waals surface area contributed by atoms with E-state index in [1.165, 1.54) is 18.4 Å². The van der Waals surface area contributed by atoms with Crippen molar-refractivity contribution in [2.75, 3.05) is 38.7 Å². The average Bonchev–Trinajstić information content (AvgIpc) is 3.03. The molecular formula is C23H32N6O. The summed E-state index contributed by atoms with van der Waals surface area (Å²) >= 11 is 0. The van der Waals surface area contributed by atoms with Crippen LogP contribution in [0.5, 0.6) is 5.75 Å². The second-order valence-corrected chi connectivity index (χ2v) is 8.35. The quantitative estimate of drug-likeness (QED) is 0.543. The van der Waals surface area contributed by atoms with Crippen molar-refractivity contribution in [2.24, 2.45) is 0 Å². The SMILES string of the molecule is COc1cc(CNC2CCN(C)CC2)ccc1Cn1nc(C)c2cc(N)cc(N)c21. The largest absolute Gasteiger partial charge is 0.496 e. The molecule has 0 spiro atoms. The van der Waals surface area contributed by atoms with Crippen LogP contribution in [0.4, 0.5) is 11.4 Å². The lowest BCUT2D eigenvalue weighted by molar-refractivity contribution is 0.234. The second kappa shape index (κ2) is 8.53. The number of ether oxygens (including phenoxy) is 1. The number of aromatic nitrogens is 2. The Labute approximate surface area is 178 Å². The van der Waals surface area contributed by atoms with Crippen molar-refractivity contribution in [3.8, 4) is 5.75 Å². The highest BCUT2D eigenvalue weighted by Crippen LogP contribution is 2.29. The maximum absolute atomic E-state index is 6.26. The predicted molar refractivity (Wildman–Crippen MR) is 123 cm³/mol. The van der Waals surface area contributed by atoms with Gasteiger partial charge in [0.15, 0.2) is 0 Å². The summed E-state index contributed by atoms with van der Waals surface area (Å²) in [5.41, 5.74) is 17.6. The Hall–Kier alpha value is -2.77. The zero-order valence-corrected chi connectivity index (χ0v) is 18.1. The van der Waals surface area contributed by atoms with Gasteiger partial charge in [-0.25, -0.2) is 0 Å². The Morgan fingerprint density at radius 3 is 2.67 bits per heavy atom. The standard InChI is InChI=1S/C23H32N6O/c1-15-20-11-18(24)12-21(25)23(20)29(27-15)14-17-5-4-16(10-22(17)30-3)13-26-19-6-8-28(2)9-7-19/h4-5,10-12,19,26H,6-9,13-14,24-25H2,1-3H3. The topological polar surface area (TPSA) is 94.4 Å². The van der Waals surface area contributed by atoms with E-state index in [4.69, 9.17) is 21.3 Å². The average molecular weight is 409 g/mol. The van der Waals surface area contributed by atoms with Crippen molar-refractivity contribution in [1.29, 1.82) is 0 Å². The third-order valence-electron chi connectivity index (χ3n) is 6.07. The van der Waals surface area contributed by atoms with Crippen LogP contribution in [-0.2, 0) is 13.1 Å². The molecule has 1 saturated heterocycles. The van der Waals surface area contributed by atoms with Gasteiger partial charge in [-0.2, -0.15) is 5.10 Å². The number of fused-ring (bicyclic) bond motifs is 1. The number of nitrogen functional groups attached to an aromatic ring is 2. The van der Waals surface area contributed by atoms with E-state index in [0.717, 1.165) is 47.5 Å². The molecule has 3 aromatic rings. The number of methoxy groups -OCH3 is 1. The fourth-order valence-corrected chi connectivity index (χ4v) is 4.31. The molecule has 0 unspecified atom stereocenters. The highest BCUT2D eigenvalue weighted by atomic mass is 16.5. The Morgan fingerprint density at radius 1 is 1.17 bits per heavy atom. The molecule has 0 amide bonds. The fourth-order valence-electron chi connectivity index (χ4n) is 4.31. The third-order valence-corrected chi connectivity index (χ3v) is 6.07. The van der Waals surface area contributed by atoms with E-state index in [1.807, 2.05) is 17.7 Å². The van der Waals surface area contributed by atoms with Crippen LogP contribution in [0.1, 0.15) is 29.7 Å². The Bertz CT molecular complexity index is 1040. The Kier molecular flexibility index (Phi) is 5.83. The minimum Gasteiger partial charge on any atom is -0.496 e. The normalized spacial score (nSPS) is 15.7. The highest BCUT2D eigenvalue weighted by Gasteiger charge is 2.17. The van der Waals surface area contributed by atoms with Gasteiger partial charge in [-0.05, 0) is 63.7 Å². The van der Waals surface area contributed by atoms with Crippen LogP contribution in [0.3, 0.4) is 0 Å². The van der Waals surface area contributed by atoms with Gasteiger partial charge in [0.2, 0.25) is 0 Å². The summed E-state index contributed by atoms with van der Waals surface area (Å²) in [5.74, 6) is 0.869. The lowest BCUT2D eigenvalue weighted by atomic mass is 10.0. The summed E-state index contributed by atoms with van der Waals surface area (Å²) in [6.45, 7) is 5.73. The van der Waals surface area contributed by atoms with Crippen LogP contribution < -0.4 is 21.5 Å². The maximum Gasteiger partial charge on any atom is 0.124 e. The van der Waals surface area contributed by atoms with Crippen LogP contribution in [0.15, 0.2) is 30.3 Å². The van der Waals surface area contributed by atoms with Gasteiger partial charge in [-0.1, -0.05) is 12.1 Å². The monoisotopic (exact) mass is 408 g/mol. The van der Waals surface area contributed by atoms with Gasteiger partial charge in [-0.15, -0.1) is 0 Å². The number of nitrogens with one attached hydrogen (secondary N) is 1. The first-order valence-corrected chi connectivity index (χ1v) is 10.5. The molecule has 1 aromatic heterocycles. The third kappa shape index (κ3) is 4.22. The number of hydrogen-bond acceptors (Lipinski definition) is 6. The molecule has 2 aromatic carbocycles. The number of rotatable bonds is 6. The maximum atomic E-state index is 6.26. The molecule has 1 aliphatic rings. The van der Waals surface area contributed by atoms with Crippen LogP contribution in [0, 0.1) is 6.92 Å². The number of anilines is 2. The van der Waals surface area contributed by atoms with E-state index in [1.54, 1.807) is 13.2 Å². The van der Waals surface area contributed by atoms with Crippen molar-refractivity contribution in [2.45, 2.75) is 38.9 Å². The molecule has 7 nitrogen and oxygen atoms in total. The summed E-state index contributed by atoms with van der Waals surface area (Å²) in [5, 5.41) is 9.38. The predicted octanol–water partition coefficient (Wildman–Crippen LogP) is 2.75. The van der Waals surface area contributed by atoms with Crippen molar-refractivity contribution in [1.82, 2.24) is 20.0 Å². The van der Waals surface area contributed by atoms with Gasteiger partial charge >= 0.3 is 0 Å². The first-order valence-electron chi connectivity index (χ1n) is 10.5. The number of nitrogens with two attached hydrogens (primary N) is 2. The summed E-state index contributed by atoms with van der Waals surface area (Å²) < 4.78 is 7.64. The van der Waals surface area contributed by atoms with Crippen molar-refractivity contribution in [3.63, 3.8) is 0 Å². The van der Waals surface area contributed by atoms with Gasteiger partial charge in [0.25, 0.3) is 0 Å². The first-order chi connectivity index (χ1) is 14.4. The number of hydrogen-bond donors (Lipinski definition) is 3. The summed E-state index contributed by atoms with van der Waals surface area (Å²) in [7, 11) is 3.90. The van der Waals surface area contributed by atoms with Gasteiger partial charge < -0.3 is 26.4 Å². The number of piperidine rings is 1. The van der Waals surface area contributed by atoms with E-state index in [-0.39, 0.29) is 0 Å². The Balaban J connectivity index is 1.52. The fraction of sp³-hybridized carbons (Fsp3) is 0.435. The lowest BCUT2D eigenvalue weighted by Gasteiger charge is -2.29. The molecule has 0 bridgehead atoms. The molecule has 160 valence electrons. The molecule has 2 heterocycles. The van der Waals surface area contributed by atoms with Crippen LogP contribution >= 0.6 is 0 Å². The molecule has 1 fully saturated rings. The van der Waals surface area contributed by atoms with Crippen molar-refractivity contribution < 1.29 is 4.74 Å². The summed E-state index contributed by atoms with van der Waals surface area (Å²) in [6, 6.07) is 10.7. The van der Waals surface area contributed by atoms with E-state index < -0.39 is 0 Å². The van der Waals surface area contributed by atoms with Crippen LogP contribution in [-0.4, -0.2) is 48.0 Å². The van der Waals surface area contributed by atoms with E-state index in [0.29, 0.717) is 24.0 Å². The second-order valence-electron chi connectivity index (χ2n) is 8.35. The van der Waals surface area contributed by atoms with Crippen LogP contribution in [0.2, 0.25) is 0 Å². The molecule has 5 N–H and O–H groups in total. The van der Waals surface area contributed by atoms with E-state index in [9.17, 15) is 0 Å². The molecule has 0 radical (unpaired) electrons. The zero-order valence-electron chi connectivity index (χ0n) is 18.1. The minimum atomic E-state index is 0.584. The number of nitrogens with zero attached hydrogens (tertiary/aromatic N) is 3. The van der Waals surface area contributed by atoms with Gasteiger partial charge in [0.05, 0.1) is 30.6 Å². The van der Waals surface area contributed by atoms with Gasteiger partial charge in [0, 0.05) is 29.2 Å². The number of benzene rings is 2. The van der Waals surface area contributed by atoms with Crippen molar-refractivity contribution >= 4 is 22.3 Å². The van der Waals surface area contributed by atoms with Gasteiger partial charge in [0.1, 0.15) is 5.75 Å². The molecule has 0 saturated carbocycles. The molecule has 30 heavy (non-hydrogen) atoms. The Morgan fingerprint density at radius 2 is 1.93 bits per heavy atom. The minimum absolute atomic E-state index is 0.584. The highest BCUT2D eigenvalue weighted by molar-refractivity contribution is 5.94. The zero-order chi connectivity index (χ0) is 21.3. The van der Waals surface area contributed by atoms with Crippen molar-refractivity contribution in [3.05, 3.63) is 47.2 Å².